The van der Waals surface area contributed by atoms with E-state index in [0.29, 0.717) is 0 Å². The van der Waals surface area contributed by atoms with E-state index >= 15 is 0 Å². The van der Waals surface area contributed by atoms with Crippen molar-refractivity contribution in [3.8, 4) is 0 Å². The number of halogens is 1. The van der Waals surface area contributed by atoms with Crippen LogP contribution in [0.2, 0.25) is 0 Å². The van der Waals surface area contributed by atoms with Gasteiger partial charge in [-0.15, -0.1) is 0 Å². The van der Waals surface area contributed by atoms with Crippen molar-refractivity contribution in [1.82, 2.24) is 4.72 Å². The second kappa shape index (κ2) is 4.86. The Bertz CT molecular complexity index is 275. The van der Waals surface area contributed by atoms with E-state index < -0.39 is 24.1 Å². The lowest BCUT2D eigenvalue weighted by Crippen LogP contribution is -2.27. The fourth-order valence-electron chi connectivity index (χ4n) is 1.82. The van der Waals surface area contributed by atoms with Crippen molar-refractivity contribution in [3.63, 3.8) is 0 Å². The molecule has 1 heterocycles. The SMILES string of the molecule is C[P+]1(CCS(=O)(=O)NCF)CCCC1. The van der Waals surface area contributed by atoms with Crippen LogP contribution >= 0.6 is 7.26 Å². The Hall–Kier alpha value is 0.270. The van der Waals surface area contributed by atoms with Gasteiger partial charge in [0.15, 0.2) is 6.80 Å². The number of alkyl halides is 1. The molecule has 0 radical (unpaired) electrons. The van der Waals surface area contributed by atoms with Crippen LogP contribution in [0.3, 0.4) is 0 Å². The molecule has 1 saturated heterocycles. The molecule has 0 atom stereocenters. The van der Waals surface area contributed by atoms with Gasteiger partial charge >= 0.3 is 0 Å². The first-order valence-electron chi connectivity index (χ1n) is 4.84. The second-order valence-electron chi connectivity index (χ2n) is 4.09. The highest BCUT2D eigenvalue weighted by Crippen LogP contribution is 2.60. The maximum atomic E-state index is 11.8. The second-order valence-corrected chi connectivity index (χ2v) is 10.6. The molecule has 1 rings (SSSR count). The number of hydrogen-bond acceptors (Lipinski definition) is 2. The molecule has 0 aromatic carbocycles. The molecule has 0 unspecified atom stereocenters. The molecule has 1 N–H and O–H groups in total. The fourth-order valence-corrected chi connectivity index (χ4v) is 7.50. The Morgan fingerprint density at radius 3 is 2.43 bits per heavy atom. The van der Waals surface area contributed by atoms with Gasteiger partial charge in [-0.3, -0.25) is 0 Å². The van der Waals surface area contributed by atoms with Gasteiger partial charge in [0.25, 0.3) is 0 Å². The van der Waals surface area contributed by atoms with Crippen molar-refractivity contribution in [2.75, 3.05) is 37.7 Å². The lowest BCUT2D eigenvalue weighted by molar-refractivity contribution is 0.469. The highest BCUT2D eigenvalue weighted by Gasteiger charge is 2.36. The zero-order valence-electron chi connectivity index (χ0n) is 8.50. The first-order chi connectivity index (χ1) is 6.47. The molecular formula is C8H18FNO2PS+. The summed E-state index contributed by atoms with van der Waals surface area (Å²) in [5, 5.41) is 0. The van der Waals surface area contributed by atoms with Gasteiger partial charge < -0.3 is 0 Å². The zero-order valence-corrected chi connectivity index (χ0v) is 10.2. The van der Waals surface area contributed by atoms with Crippen molar-refractivity contribution >= 4 is 17.3 Å². The monoisotopic (exact) mass is 242 g/mol. The first-order valence-corrected chi connectivity index (χ1v) is 9.29. The van der Waals surface area contributed by atoms with E-state index in [9.17, 15) is 12.8 Å². The van der Waals surface area contributed by atoms with Crippen LogP contribution in [-0.4, -0.2) is 46.1 Å². The average molecular weight is 242 g/mol. The summed E-state index contributed by atoms with van der Waals surface area (Å²) >= 11 is 0. The summed E-state index contributed by atoms with van der Waals surface area (Å²) in [6, 6.07) is 0. The largest absolute Gasteiger partial charge is 0.233 e. The zero-order chi connectivity index (χ0) is 10.7. The molecular weight excluding hydrogens is 224 g/mol. The van der Waals surface area contributed by atoms with Crippen molar-refractivity contribution in [2.24, 2.45) is 0 Å². The maximum Gasteiger partial charge on any atom is 0.217 e. The van der Waals surface area contributed by atoms with Crippen LogP contribution in [0.5, 0.6) is 0 Å². The molecule has 1 aliphatic rings. The minimum atomic E-state index is -3.35. The van der Waals surface area contributed by atoms with Crippen molar-refractivity contribution < 1.29 is 12.8 Å². The molecule has 0 amide bonds. The van der Waals surface area contributed by atoms with Gasteiger partial charge in [-0.2, -0.15) is 4.72 Å². The summed E-state index contributed by atoms with van der Waals surface area (Å²) in [4.78, 5) is 0. The number of rotatable bonds is 5. The third-order valence-electron chi connectivity index (χ3n) is 2.82. The number of hydrogen-bond donors (Lipinski definition) is 1. The van der Waals surface area contributed by atoms with E-state index in [1.54, 1.807) is 0 Å². The topological polar surface area (TPSA) is 46.2 Å². The molecule has 0 bridgehead atoms. The molecule has 0 aliphatic carbocycles. The van der Waals surface area contributed by atoms with Crippen LogP contribution in [0, 0.1) is 0 Å². The van der Waals surface area contributed by atoms with E-state index in [1.165, 1.54) is 25.2 Å². The van der Waals surface area contributed by atoms with Gasteiger partial charge in [-0.05, 0) is 12.8 Å². The van der Waals surface area contributed by atoms with Gasteiger partial charge in [-0.25, -0.2) is 12.8 Å². The van der Waals surface area contributed by atoms with Gasteiger partial charge in [0, 0.05) is 13.9 Å². The average Bonchev–Trinajstić information content (AvgIpc) is 2.50. The molecule has 1 aliphatic heterocycles. The standard InChI is InChI=1S/C8H18FNO2PS/c1-13(4-2-3-5-13)6-7-14(11,12)10-8-9/h10H,2-8H2,1H3/q+1. The third-order valence-corrected chi connectivity index (χ3v) is 8.51. The van der Waals surface area contributed by atoms with Gasteiger partial charge in [0.1, 0.15) is 0 Å². The molecule has 0 aromatic rings. The highest BCUT2D eigenvalue weighted by molar-refractivity contribution is 7.90. The quantitative estimate of drug-likeness (QED) is 0.583. The lowest BCUT2D eigenvalue weighted by atomic mass is 10.4. The van der Waals surface area contributed by atoms with Crippen molar-refractivity contribution in [3.05, 3.63) is 0 Å². The van der Waals surface area contributed by atoms with E-state index in [2.05, 4.69) is 6.66 Å². The molecule has 6 heteroatoms. The van der Waals surface area contributed by atoms with Crippen molar-refractivity contribution in [1.29, 1.82) is 0 Å². The van der Waals surface area contributed by atoms with E-state index in [-0.39, 0.29) is 5.75 Å². The molecule has 3 nitrogen and oxygen atoms in total. The van der Waals surface area contributed by atoms with Gasteiger partial charge in [0.2, 0.25) is 10.0 Å². The van der Waals surface area contributed by atoms with Crippen LogP contribution < -0.4 is 4.72 Å². The summed E-state index contributed by atoms with van der Waals surface area (Å²) in [6.45, 7) is 1.24. The minimum absolute atomic E-state index is 0.0984. The predicted octanol–water partition coefficient (Wildman–Crippen LogP) is 1.27. The fraction of sp³-hybridized carbons (Fsp3) is 1.00. The Kier molecular flexibility index (Phi) is 4.29. The third kappa shape index (κ3) is 3.79. The molecule has 1 fully saturated rings. The van der Waals surface area contributed by atoms with E-state index in [0.717, 1.165) is 6.16 Å². The van der Waals surface area contributed by atoms with Crippen LogP contribution in [0.15, 0.2) is 0 Å². The molecule has 14 heavy (non-hydrogen) atoms. The Morgan fingerprint density at radius 2 is 1.93 bits per heavy atom. The van der Waals surface area contributed by atoms with E-state index in [4.69, 9.17) is 0 Å². The molecule has 84 valence electrons. The lowest BCUT2D eigenvalue weighted by Gasteiger charge is -2.16. The van der Waals surface area contributed by atoms with Crippen molar-refractivity contribution in [2.45, 2.75) is 12.8 Å². The smallest absolute Gasteiger partial charge is 0.217 e. The number of sulfonamides is 1. The summed E-state index contributed by atoms with van der Waals surface area (Å²) in [5.41, 5.74) is 0. The maximum absolute atomic E-state index is 11.8. The van der Waals surface area contributed by atoms with Crippen LogP contribution in [-0.2, 0) is 10.0 Å². The molecule has 0 aromatic heterocycles. The summed E-state index contributed by atoms with van der Waals surface area (Å²) in [5.74, 6) is 0.0984. The van der Waals surface area contributed by atoms with Crippen LogP contribution in [0.25, 0.3) is 0 Å². The summed E-state index contributed by atoms with van der Waals surface area (Å²) in [6.07, 6.45) is 5.64. The summed E-state index contributed by atoms with van der Waals surface area (Å²) in [7, 11) is -4.34. The van der Waals surface area contributed by atoms with Crippen LogP contribution in [0.4, 0.5) is 4.39 Å². The molecule has 0 saturated carbocycles. The van der Waals surface area contributed by atoms with Gasteiger partial charge in [-0.1, -0.05) is 0 Å². The summed E-state index contributed by atoms with van der Waals surface area (Å²) < 4.78 is 36.1. The highest BCUT2D eigenvalue weighted by atomic mass is 32.2. The van der Waals surface area contributed by atoms with E-state index in [1.807, 2.05) is 4.72 Å². The minimum Gasteiger partial charge on any atom is -0.233 e. The normalized spacial score (nSPS) is 21.3. The van der Waals surface area contributed by atoms with Crippen LogP contribution in [0.1, 0.15) is 12.8 Å². The Morgan fingerprint density at radius 1 is 1.36 bits per heavy atom. The predicted molar refractivity (Wildman–Crippen MR) is 59.6 cm³/mol. The Labute approximate surface area is 85.8 Å². The van der Waals surface area contributed by atoms with Gasteiger partial charge in [0.05, 0.1) is 24.2 Å². The first kappa shape index (κ1) is 12.3. The number of nitrogens with one attached hydrogen (secondary N) is 1. The molecule has 0 spiro atoms. The Balaban J connectivity index is 2.39.